The average Bonchev–Trinajstić information content (AvgIpc) is 2.52. The third-order valence-electron chi connectivity index (χ3n) is 4.38. The lowest BCUT2D eigenvalue weighted by molar-refractivity contribution is 0.444. The fourth-order valence-electron chi connectivity index (χ4n) is 2.82. The predicted octanol–water partition coefficient (Wildman–Crippen LogP) is 7.24. The van der Waals surface area contributed by atoms with E-state index in [0.717, 1.165) is 21.7 Å². The highest BCUT2D eigenvalue weighted by molar-refractivity contribution is 8.00. The molecule has 0 aliphatic rings. The van der Waals surface area contributed by atoms with Gasteiger partial charge in [-0.05, 0) is 34.6 Å². The van der Waals surface area contributed by atoms with Crippen LogP contribution in [0.3, 0.4) is 0 Å². The predicted molar refractivity (Wildman–Crippen MR) is 120 cm³/mol. The molecule has 2 aromatic carbocycles. The van der Waals surface area contributed by atoms with Crippen molar-refractivity contribution in [1.29, 1.82) is 0 Å². The summed E-state index contributed by atoms with van der Waals surface area (Å²) in [7, 11) is 0. The minimum atomic E-state index is -0.140. The lowest BCUT2D eigenvalue weighted by Crippen LogP contribution is -2.17. The molecule has 2 aromatic rings. The van der Waals surface area contributed by atoms with Crippen LogP contribution in [0, 0.1) is 0 Å². The molecule has 0 unspecified atom stereocenters. The molecule has 0 spiro atoms. The number of aromatic hydroxyl groups is 1. The van der Waals surface area contributed by atoms with Crippen molar-refractivity contribution in [3.05, 3.63) is 53.1 Å². The Bertz CT molecular complexity index is 823. The molecule has 0 atom stereocenters. The normalized spacial score (nSPS) is 12.9. The van der Waals surface area contributed by atoms with E-state index in [2.05, 4.69) is 73.6 Å². The lowest BCUT2D eigenvalue weighted by Gasteiger charge is -2.27. The van der Waals surface area contributed by atoms with E-state index in [1.807, 2.05) is 18.2 Å². The maximum absolute atomic E-state index is 10.9. The zero-order chi connectivity index (χ0) is 20.4. The molecule has 0 amide bonds. The van der Waals surface area contributed by atoms with Crippen LogP contribution in [0.1, 0.15) is 72.1 Å². The molecule has 3 heteroatoms. The van der Waals surface area contributed by atoms with Crippen LogP contribution in [0.5, 0.6) is 5.75 Å². The van der Waals surface area contributed by atoms with Gasteiger partial charge in [0.2, 0.25) is 0 Å². The van der Waals surface area contributed by atoms with E-state index in [1.165, 1.54) is 5.56 Å². The first-order valence-corrected chi connectivity index (χ1v) is 10.5. The fourth-order valence-corrected chi connectivity index (χ4v) is 3.72. The van der Waals surface area contributed by atoms with E-state index >= 15 is 0 Å². The number of aliphatic imine (C=N–C) groups is 1. The van der Waals surface area contributed by atoms with Crippen molar-refractivity contribution < 1.29 is 5.11 Å². The quantitative estimate of drug-likeness (QED) is 0.446. The topological polar surface area (TPSA) is 32.6 Å². The number of thioether (sulfide) groups is 1. The van der Waals surface area contributed by atoms with E-state index < -0.39 is 0 Å². The molecule has 0 fully saturated rings. The number of benzene rings is 2. The van der Waals surface area contributed by atoms with Gasteiger partial charge in [0.15, 0.2) is 0 Å². The van der Waals surface area contributed by atoms with Crippen LogP contribution < -0.4 is 0 Å². The molecule has 1 N–H and O–H groups in total. The highest BCUT2D eigenvalue weighted by Crippen LogP contribution is 2.38. The monoisotopic (exact) mass is 383 g/mol. The second-order valence-corrected chi connectivity index (χ2v) is 11.0. The van der Waals surface area contributed by atoms with Crippen molar-refractivity contribution >= 4 is 23.7 Å². The van der Waals surface area contributed by atoms with Gasteiger partial charge in [0.1, 0.15) is 5.75 Å². The summed E-state index contributed by atoms with van der Waals surface area (Å²) in [5.41, 5.74) is 3.74. The Balaban J connectivity index is 2.55. The molecule has 0 aromatic heterocycles. The van der Waals surface area contributed by atoms with Crippen LogP contribution in [0.25, 0.3) is 0 Å². The van der Waals surface area contributed by atoms with E-state index in [0.29, 0.717) is 11.0 Å². The van der Waals surface area contributed by atoms with Crippen LogP contribution in [-0.2, 0) is 10.8 Å². The summed E-state index contributed by atoms with van der Waals surface area (Å²) >= 11 is 1.80. The van der Waals surface area contributed by atoms with Gasteiger partial charge in [0.05, 0.1) is 5.69 Å². The Morgan fingerprint density at radius 1 is 0.963 bits per heavy atom. The van der Waals surface area contributed by atoms with Crippen LogP contribution in [0.15, 0.2) is 46.3 Å². The minimum Gasteiger partial charge on any atom is -0.507 e. The van der Waals surface area contributed by atoms with Gasteiger partial charge in [-0.2, -0.15) is 0 Å². The van der Waals surface area contributed by atoms with Gasteiger partial charge in [-0.25, -0.2) is 0 Å². The fraction of sp³-hybridized carbons (Fsp3) is 0.458. The zero-order valence-corrected chi connectivity index (χ0v) is 18.7. The molecular weight excluding hydrogens is 350 g/mol. The maximum atomic E-state index is 10.9. The molecule has 146 valence electrons. The molecule has 0 heterocycles. The Labute approximate surface area is 169 Å². The first-order valence-electron chi connectivity index (χ1n) is 9.57. The van der Waals surface area contributed by atoms with Crippen LogP contribution >= 0.6 is 11.8 Å². The van der Waals surface area contributed by atoms with Crippen molar-refractivity contribution in [3.8, 4) is 5.75 Å². The van der Waals surface area contributed by atoms with Gasteiger partial charge in [-0.1, -0.05) is 73.6 Å². The van der Waals surface area contributed by atoms with Crippen LogP contribution in [0.4, 0.5) is 5.69 Å². The highest BCUT2D eigenvalue weighted by atomic mass is 32.2. The number of rotatable bonds is 4. The summed E-state index contributed by atoms with van der Waals surface area (Å²) in [4.78, 5) is 5.89. The van der Waals surface area contributed by atoms with Crippen LogP contribution in [0.2, 0.25) is 0 Å². The molecule has 0 saturated heterocycles. The summed E-state index contributed by atoms with van der Waals surface area (Å²) in [6, 6.07) is 12.4. The molecular formula is C24H33NOS. The van der Waals surface area contributed by atoms with E-state index in [1.54, 1.807) is 18.0 Å². The molecule has 0 radical (unpaired) electrons. The second-order valence-electron chi connectivity index (χ2n) is 9.35. The summed E-state index contributed by atoms with van der Waals surface area (Å²) in [5.74, 6) is 0.327. The standard InChI is InChI=1S/C24H33NOS/c1-16(2)27-21-12-10-9-11-20(21)25-15-17-13-18(23(3,4)5)14-19(22(17)26)24(6,7)8/h9-16,26H,1-8H3. The first-order chi connectivity index (χ1) is 12.4. The van der Waals surface area contributed by atoms with E-state index in [-0.39, 0.29) is 10.8 Å². The minimum absolute atomic E-state index is 0.00168. The summed E-state index contributed by atoms with van der Waals surface area (Å²) < 4.78 is 0. The van der Waals surface area contributed by atoms with Gasteiger partial charge in [0.25, 0.3) is 0 Å². The van der Waals surface area contributed by atoms with Crippen molar-refractivity contribution in [3.63, 3.8) is 0 Å². The van der Waals surface area contributed by atoms with Crippen LogP contribution in [-0.4, -0.2) is 16.6 Å². The van der Waals surface area contributed by atoms with Gasteiger partial charge < -0.3 is 5.11 Å². The Morgan fingerprint density at radius 2 is 1.59 bits per heavy atom. The molecule has 0 bridgehead atoms. The Kier molecular flexibility index (Phi) is 6.47. The van der Waals surface area contributed by atoms with Gasteiger partial charge in [0, 0.05) is 27.5 Å². The van der Waals surface area contributed by atoms with Crippen molar-refractivity contribution in [2.45, 2.75) is 76.4 Å². The first kappa shape index (κ1) is 21.6. The maximum Gasteiger partial charge on any atom is 0.128 e. The number of para-hydroxylation sites is 1. The third-order valence-corrected chi connectivity index (χ3v) is 5.45. The largest absolute Gasteiger partial charge is 0.507 e. The third kappa shape index (κ3) is 5.62. The SMILES string of the molecule is CC(C)Sc1ccccc1N=Cc1cc(C(C)(C)C)cc(C(C)(C)C)c1O. The number of hydrogen-bond acceptors (Lipinski definition) is 3. The second kappa shape index (κ2) is 8.10. The molecule has 0 aliphatic carbocycles. The summed E-state index contributed by atoms with van der Waals surface area (Å²) in [6.07, 6.45) is 1.81. The van der Waals surface area contributed by atoms with Gasteiger partial charge in [-0.15, -0.1) is 11.8 Å². The molecule has 27 heavy (non-hydrogen) atoms. The Morgan fingerprint density at radius 3 is 2.15 bits per heavy atom. The zero-order valence-electron chi connectivity index (χ0n) is 17.9. The lowest BCUT2D eigenvalue weighted by atomic mass is 9.79. The Hall–Kier alpha value is -1.74. The highest BCUT2D eigenvalue weighted by Gasteiger charge is 2.24. The summed E-state index contributed by atoms with van der Waals surface area (Å²) in [5, 5.41) is 11.4. The number of hydrogen-bond donors (Lipinski definition) is 1. The van der Waals surface area contributed by atoms with Crippen molar-refractivity contribution in [2.24, 2.45) is 4.99 Å². The van der Waals surface area contributed by atoms with Gasteiger partial charge >= 0.3 is 0 Å². The smallest absolute Gasteiger partial charge is 0.128 e. The van der Waals surface area contributed by atoms with Gasteiger partial charge in [-0.3, -0.25) is 4.99 Å². The molecule has 2 rings (SSSR count). The number of phenolic OH excluding ortho intramolecular Hbond substituents is 1. The van der Waals surface area contributed by atoms with Crippen molar-refractivity contribution in [1.82, 2.24) is 0 Å². The van der Waals surface area contributed by atoms with E-state index in [9.17, 15) is 5.11 Å². The van der Waals surface area contributed by atoms with Crippen molar-refractivity contribution in [2.75, 3.05) is 0 Å². The number of nitrogens with zero attached hydrogens (tertiary/aromatic N) is 1. The average molecular weight is 384 g/mol. The molecule has 2 nitrogen and oxygen atoms in total. The van der Waals surface area contributed by atoms with E-state index in [4.69, 9.17) is 4.99 Å². The summed E-state index contributed by atoms with van der Waals surface area (Å²) in [6.45, 7) is 17.3. The molecule has 0 saturated carbocycles. The molecule has 0 aliphatic heterocycles. The number of phenols is 1.